The number of allylic oxidation sites excluding steroid dienone is 10. The molecule has 2 aromatic rings. The molecule has 0 bridgehead atoms. The van der Waals surface area contributed by atoms with Gasteiger partial charge >= 0.3 is 0 Å². The first-order chi connectivity index (χ1) is 36.9. The van der Waals surface area contributed by atoms with Gasteiger partial charge in [0, 0.05) is 37.1 Å². The van der Waals surface area contributed by atoms with Gasteiger partial charge in [-0.05, 0) is 51.4 Å². The van der Waals surface area contributed by atoms with Crippen molar-refractivity contribution in [1.82, 2.24) is 30.2 Å². The summed E-state index contributed by atoms with van der Waals surface area (Å²) < 4.78 is 60.9. The van der Waals surface area contributed by atoms with Gasteiger partial charge in [0.15, 0.2) is 22.8 Å². The molecule has 2 aromatic heterocycles. The van der Waals surface area contributed by atoms with Crippen LogP contribution in [0.4, 0.5) is 5.82 Å². The Balaban J connectivity index is 1.22. The number of aliphatic hydroxyl groups excluding tert-OH is 2. The summed E-state index contributed by atoms with van der Waals surface area (Å²) in [6, 6.07) is 0. The zero-order chi connectivity index (χ0) is 57.6. The van der Waals surface area contributed by atoms with E-state index in [2.05, 4.69) is 111 Å². The average Bonchev–Trinajstić information content (AvgIpc) is 4.01. The number of nitrogens with two attached hydrogens (primary N) is 1. The molecule has 0 aromatic carbocycles. The highest BCUT2D eigenvalue weighted by Gasteiger charge is 2.47. The largest absolute Gasteiger partial charge is 0.790 e. The first kappa shape index (κ1) is 68.2. The number of ether oxygens (including phenoxy) is 1. The molecule has 1 aliphatic rings. The number of carbonyl (C=O) groups excluding carboxylic acids is 4. The molecule has 0 radical (unpaired) electrons. The van der Waals surface area contributed by atoms with Crippen LogP contribution in [0.5, 0.6) is 0 Å². The minimum absolute atomic E-state index is 0.0274. The van der Waals surface area contributed by atoms with Crippen LogP contribution in [0, 0.1) is 5.41 Å². The number of phosphoric ester groups is 3. The molecule has 3 heterocycles. The Hall–Kier alpha value is -4.07. The fourth-order valence-electron chi connectivity index (χ4n) is 7.41. The smallest absolute Gasteiger partial charge is 0.274 e. The lowest BCUT2D eigenvalue weighted by atomic mass is 9.87. The second kappa shape index (κ2) is 35.6. The molecule has 6 N–H and O–H groups in total. The highest BCUT2D eigenvalue weighted by atomic mass is 32.2. The molecule has 1 aliphatic heterocycles. The van der Waals surface area contributed by atoms with Gasteiger partial charge in [0.25, 0.3) is 15.6 Å². The number of thioether (sulfide) groups is 1. The summed E-state index contributed by atoms with van der Waals surface area (Å²) in [6.45, 7) is 2.05. The van der Waals surface area contributed by atoms with Crippen LogP contribution in [0.25, 0.3) is 11.2 Å². The predicted octanol–water partition coefficient (Wildman–Crippen LogP) is 4.36. The van der Waals surface area contributed by atoms with Crippen LogP contribution in [0.3, 0.4) is 0 Å². The van der Waals surface area contributed by atoms with E-state index in [4.69, 9.17) is 10.5 Å². The fraction of sp³-hybridized carbons (Fsp3) is 0.612. The number of hydrogen-bond donors (Lipinski definition) is 5. The number of carbonyl (C=O) groups is 4. The number of phosphoric acid groups is 3. The molecule has 438 valence electrons. The number of nitrogen functional groups attached to an aromatic ring is 1. The lowest BCUT2D eigenvalue weighted by Gasteiger charge is -2.36. The number of nitrogens with zero attached hydrogens (tertiary/aromatic N) is 4. The van der Waals surface area contributed by atoms with Crippen molar-refractivity contribution < 1.29 is 85.3 Å². The molecule has 2 unspecified atom stereocenters. The Morgan fingerprint density at radius 3 is 2.04 bits per heavy atom. The van der Waals surface area contributed by atoms with Crippen molar-refractivity contribution in [1.29, 1.82) is 0 Å². The van der Waals surface area contributed by atoms with Crippen LogP contribution < -0.4 is 35.9 Å². The molecule has 0 spiro atoms. The maximum Gasteiger partial charge on any atom is 0.274 e. The van der Waals surface area contributed by atoms with Crippen LogP contribution in [-0.4, -0.2) is 109 Å². The van der Waals surface area contributed by atoms with Gasteiger partial charge in [0.2, 0.25) is 11.8 Å². The standard InChI is InChI=1S/C49H78N7O18P3S/c1-4-5-6-7-8-9-10-11-12-13-14-15-16-17-18-19-20-21-22-23-24-25-26-27-37(57)32-40(59)78-31-30-51-39(58)28-29-52-47(62)44(61)49(2,3)34-71-77(68,69)74-76(66,67)70-33-38-43(73-75(63,64)65)42(60)48(72-38)56-36-55-41-45(50)53-35-54-46(41)56/h5-6,8-9,11-12,14-15,17-18,35-36,38,42-44,48,60-61H,4,7,10,13,16,19-34H2,1-3H3,(H,51,58)(H,52,62)(H,66,67)(H,68,69)(H2,50,53,54)(H2,63,64,65)/p-4/b6-5-,9-8-,12-11-,15-14-,18-17-/t38-,42-,43-,44+,48-/m1/s1. The number of ketones is 1. The summed E-state index contributed by atoms with van der Waals surface area (Å²) in [5.74, 6) is -1.55. The van der Waals surface area contributed by atoms with Crippen LogP contribution in [0.15, 0.2) is 73.4 Å². The third kappa shape index (κ3) is 27.4. The average molecular weight is 1170 g/mol. The van der Waals surface area contributed by atoms with Crippen LogP contribution in [0.1, 0.15) is 130 Å². The van der Waals surface area contributed by atoms with E-state index in [1.807, 2.05) is 0 Å². The lowest BCUT2D eigenvalue weighted by molar-refractivity contribution is -0.347. The number of imidazole rings is 1. The van der Waals surface area contributed by atoms with Gasteiger partial charge in [0.1, 0.15) is 42.0 Å². The summed E-state index contributed by atoms with van der Waals surface area (Å²) in [7, 11) is -17.7. The van der Waals surface area contributed by atoms with Crippen molar-refractivity contribution >= 4 is 74.9 Å². The number of amides is 2. The van der Waals surface area contributed by atoms with Gasteiger partial charge in [-0.1, -0.05) is 125 Å². The topological polar surface area (TPSA) is 392 Å². The van der Waals surface area contributed by atoms with Crippen molar-refractivity contribution in [3.05, 3.63) is 73.4 Å². The van der Waals surface area contributed by atoms with E-state index < -0.39 is 84.6 Å². The molecule has 78 heavy (non-hydrogen) atoms. The molecule has 0 saturated carbocycles. The zero-order valence-electron chi connectivity index (χ0n) is 44.2. The summed E-state index contributed by atoms with van der Waals surface area (Å²) >= 11 is 0.921. The normalized spacial score (nSPS) is 19.4. The minimum atomic E-state index is -5.94. The van der Waals surface area contributed by atoms with E-state index in [9.17, 15) is 62.7 Å². The van der Waals surface area contributed by atoms with Gasteiger partial charge in [-0.2, -0.15) is 0 Å². The number of Topliss-reactive ketones (excluding diaryl/α,β-unsaturated/α-hetero) is 1. The van der Waals surface area contributed by atoms with E-state index in [-0.39, 0.29) is 59.6 Å². The molecule has 2 amide bonds. The number of fused-ring (bicyclic) bond motifs is 1. The Labute approximate surface area is 459 Å². The van der Waals surface area contributed by atoms with Gasteiger partial charge in [-0.25, -0.2) is 19.3 Å². The Morgan fingerprint density at radius 2 is 1.41 bits per heavy atom. The van der Waals surface area contributed by atoms with Gasteiger partial charge in [0.05, 0.1) is 33.8 Å². The van der Waals surface area contributed by atoms with Crippen molar-refractivity contribution in [3.8, 4) is 0 Å². The van der Waals surface area contributed by atoms with Crippen molar-refractivity contribution in [2.75, 3.05) is 37.8 Å². The maximum absolute atomic E-state index is 12.7. The molecule has 3 rings (SSSR count). The first-order valence-corrected chi connectivity index (χ1v) is 31.1. The molecule has 25 nitrogen and oxygen atoms in total. The summed E-state index contributed by atoms with van der Waals surface area (Å²) in [6.07, 6.45) is 27.6. The number of anilines is 1. The first-order valence-electron chi connectivity index (χ1n) is 25.7. The molecule has 1 fully saturated rings. The van der Waals surface area contributed by atoms with Crippen molar-refractivity contribution in [3.63, 3.8) is 0 Å². The second-order valence-electron chi connectivity index (χ2n) is 18.6. The van der Waals surface area contributed by atoms with Crippen molar-refractivity contribution in [2.24, 2.45) is 5.41 Å². The van der Waals surface area contributed by atoms with E-state index in [0.29, 0.717) is 6.42 Å². The SMILES string of the molecule is CC/C=C\C/C=C\C/C=C\C/C=C\C/C=C\CCCCCCCCCC(=O)CC(=O)SCCNC(=O)CCNC(=O)[C@H](O)C(C)(C)COP(=O)([O-])OP(=O)([O-])OC[C@H]1O[C@@H](n2cnc3c(N)ncnc32)[C@H](O)[C@@H]1OP(=O)([O-])[O-]. The van der Waals surface area contributed by atoms with E-state index in [0.717, 1.165) is 112 Å². The number of aromatic nitrogens is 4. The Kier molecular flexibility index (Phi) is 31.1. The zero-order valence-corrected chi connectivity index (χ0v) is 47.7. The molecular weight excluding hydrogens is 1100 g/mol. The molecule has 1 saturated heterocycles. The quantitative estimate of drug-likeness (QED) is 0.0268. The van der Waals surface area contributed by atoms with E-state index >= 15 is 0 Å². The molecule has 0 aliphatic carbocycles. The summed E-state index contributed by atoms with van der Waals surface area (Å²) in [5.41, 5.74) is 4.05. The fourth-order valence-corrected chi connectivity index (χ4v) is 10.8. The van der Waals surface area contributed by atoms with E-state index in [1.54, 1.807) is 0 Å². The number of nitrogens with one attached hydrogen (secondary N) is 2. The highest BCUT2D eigenvalue weighted by Crippen LogP contribution is 2.56. The molecular formula is C49H74N7O18P3S-4. The van der Waals surface area contributed by atoms with E-state index in [1.165, 1.54) is 13.8 Å². The van der Waals surface area contributed by atoms with Gasteiger partial charge < -0.3 is 69.0 Å². The third-order valence-electron chi connectivity index (χ3n) is 11.6. The number of aliphatic hydroxyl groups is 2. The number of rotatable bonds is 40. The predicted molar refractivity (Wildman–Crippen MR) is 284 cm³/mol. The number of hydrogen-bond acceptors (Lipinski definition) is 23. The highest BCUT2D eigenvalue weighted by molar-refractivity contribution is 8.13. The lowest BCUT2D eigenvalue weighted by Crippen LogP contribution is -2.46. The molecule has 29 heteroatoms. The second-order valence-corrected chi connectivity index (χ2v) is 23.9. The van der Waals surface area contributed by atoms with Crippen LogP contribution in [0.2, 0.25) is 0 Å². The third-order valence-corrected chi connectivity index (χ3v) is 15.5. The summed E-state index contributed by atoms with van der Waals surface area (Å²) in [5, 5.41) is 26.1. The van der Waals surface area contributed by atoms with Crippen LogP contribution >= 0.6 is 35.2 Å². The monoisotopic (exact) mass is 1170 g/mol. The summed E-state index contributed by atoms with van der Waals surface area (Å²) in [4.78, 5) is 109. The van der Waals surface area contributed by atoms with Gasteiger partial charge in [-0.15, -0.1) is 0 Å². The van der Waals surface area contributed by atoms with Crippen molar-refractivity contribution in [2.45, 2.75) is 154 Å². The van der Waals surface area contributed by atoms with Gasteiger partial charge in [-0.3, -0.25) is 32.9 Å². The Morgan fingerprint density at radius 1 is 0.821 bits per heavy atom. The minimum Gasteiger partial charge on any atom is -0.790 e. The maximum atomic E-state index is 12.7. The number of unbranched alkanes of at least 4 members (excludes halogenated alkanes) is 7. The Bertz CT molecular complexity index is 2500. The van der Waals surface area contributed by atoms with Crippen LogP contribution in [-0.2, 0) is 55.5 Å². The molecule has 7 atom stereocenters.